The molecule has 0 spiro atoms. The van der Waals surface area contributed by atoms with E-state index >= 15 is 0 Å². The molecule has 1 aromatic carbocycles. The lowest BCUT2D eigenvalue weighted by molar-refractivity contribution is 0.930. The third kappa shape index (κ3) is 1.86. The van der Waals surface area contributed by atoms with Gasteiger partial charge >= 0.3 is 0 Å². The highest BCUT2D eigenvalue weighted by Gasteiger charge is 2.21. The zero-order valence-corrected chi connectivity index (χ0v) is 12.0. The van der Waals surface area contributed by atoms with Gasteiger partial charge in [-0.2, -0.15) is 0 Å². The first-order valence-corrected chi connectivity index (χ1v) is 7.56. The third-order valence-electron chi connectivity index (χ3n) is 4.14. The maximum Gasteiger partial charge on any atom is 0.154 e. The summed E-state index contributed by atoms with van der Waals surface area (Å²) in [6.07, 6.45) is 6.32. The Bertz CT molecular complexity index is 977. The van der Waals surface area contributed by atoms with Crippen molar-refractivity contribution in [3.63, 3.8) is 0 Å². The van der Waals surface area contributed by atoms with Crippen molar-refractivity contribution in [3.05, 3.63) is 48.8 Å². The molecule has 0 aliphatic heterocycles. The molecule has 0 bridgehead atoms. The second-order valence-corrected chi connectivity index (χ2v) is 5.83. The molecule has 0 atom stereocenters. The van der Waals surface area contributed by atoms with Crippen molar-refractivity contribution in [2.75, 3.05) is 5.32 Å². The minimum absolute atomic E-state index is 0.591. The molecule has 1 fully saturated rings. The van der Waals surface area contributed by atoms with Crippen molar-refractivity contribution in [2.45, 2.75) is 18.9 Å². The topological polar surface area (TPSA) is 58.0 Å². The zero-order valence-electron chi connectivity index (χ0n) is 12.0. The van der Waals surface area contributed by atoms with Gasteiger partial charge in [0.25, 0.3) is 0 Å². The highest BCUT2D eigenvalue weighted by molar-refractivity contribution is 5.84. The number of rotatable bonds is 3. The molecule has 4 aromatic rings. The van der Waals surface area contributed by atoms with E-state index in [-0.39, 0.29) is 0 Å². The van der Waals surface area contributed by atoms with Crippen molar-refractivity contribution in [1.82, 2.24) is 19.6 Å². The highest BCUT2D eigenvalue weighted by atomic mass is 15.3. The molecule has 5 heteroatoms. The van der Waals surface area contributed by atoms with Gasteiger partial charge in [-0.05, 0) is 43.2 Å². The van der Waals surface area contributed by atoms with Crippen LogP contribution in [0.5, 0.6) is 0 Å². The van der Waals surface area contributed by atoms with Gasteiger partial charge in [-0.1, -0.05) is 6.07 Å². The maximum absolute atomic E-state index is 4.69. The number of aromatic nitrogens is 4. The van der Waals surface area contributed by atoms with E-state index in [4.69, 9.17) is 5.10 Å². The normalized spacial score (nSPS) is 14.7. The number of nitrogens with zero attached hydrogens (tertiary/aromatic N) is 3. The quantitative estimate of drug-likeness (QED) is 0.607. The van der Waals surface area contributed by atoms with E-state index in [1.165, 1.54) is 18.2 Å². The smallest absolute Gasteiger partial charge is 0.154 e. The lowest BCUT2D eigenvalue weighted by atomic mass is 10.1. The third-order valence-corrected chi connectivity index (χ3v) is 4.14. The lowest BCUT2D eigenvalue weighted by Crippen LogP contribution is -2.05. The van der Waals surface area contributed by atoms with Gasteiger partial charge in [0.1, 0.15) is 5.82 Å². The summed E-state index contributed by atoms with van der Waals surface area (Å²) in [4.78, 5) is 7.68. The number of imidazole rings is 1. The van der Waals surface area contributed by atoms with Gasteiger partial charge in [-0.25, -0.2) is 9.50 Å². The van der Waals surface area contributed by atoms with Crippen LogP contribution < -0.4 is 5.32 Å². The maximum atomic E-state index is 4.69. The van der Waals surface area contributed by atoms with Crippen LogP contribution in [0.15, 0.2) is 48.8 Å². The Balaban J connectivity index is 1.65. The Hall–Kier alpha value is -2.82. The predicted molar refractivity (Wildman–Crippen MR) is 86.9 cm³/mol. The number of benzene rings is 1. The molecule has 0 unspecified atom stereocenters. The fourth-order valence-electron chi connectivity index (χ4n) is 2.80. The molecule has 1 aliphatic carbocycles. The molecule has 5 nitrogen and oxygen atoms in total. The Morgan fingerprint density at radius 2 is 2.09 bits per heavy atom. The second kappa shape index (κ2) is 4.34. The number of hydrogen-bond donors (Lipinski definition) is 2. The average molecular weight is 289 g/mol. The van der Waals surface area contributed by atoms with Crippen LogP contribution in [0.1, 0.15) is 12.8 Å². The van der Waals surface area contributed by atoms with Crippen LogP contribution in [0, 0.1) is 0 Å². The zero-order chi connectivity index (χ0) is 14.5. The molecular weight excluding hydrogens is 274 g/mol. The van der Waals surface area contributed by atoms with Crippen molar-refractivity contribution < 1.29 is 0 Å². The number of anilines is 1. The molecule has 3 aromatic heterocycles. The minimum atomic E-state index is 0.591. The van der Waals surface area contributed by atoms with Crippen LogP contribution in [0.25, 0.3) is 27.8 Å². The van der Waals surface area contributed by atoms with Crippen molar-refractivity contribution in [1.29, 1.82) is 0 Å². The summed E-state index contributed by atoms with van der Waals surface area (Å²) in [6, 6.07) is 13.0. The molecule has 22 heavy (non-hydrogen) atoms. The SMILES string of the molecule is c1cc2cc(-c3cnc4ccc(NC5CC5)nn34)ccc2[nH]1. The van der Waals surface area contributed by atoms with Gasteiger partial charge in [0.15, 0.2) is 5.65 Å². The summed E-state index contributed by atoms with van der Waals surface area (Å²) in [7, 11) is 0. The molecule has 5 rings (SSSR count). The summed E-state index contributed by atoms with van der Waals surface area (Å²) in [5.74, 6) is 0.914. The Labute approximate surface area is 127 Å². The highest BCUT2D eigenvalue weighted by Crippen LogP contribution is 2.26. The molecule has 2 N–H and O–H groups in total. The number of aromatic amines is 1. The van der Waals surface area contributed by atoms with Crippen LogP contribution in [0.4, 0.5) is 5.82 Å². The molecular formula is C17H15N5. The predicted octanol–water partition coefficient (Wildman–Crippen LogP) is 3.45. The van der Waals surface area contributed by atoms with Crippen LogP contribution in [-0.4, -0.2) is 25.6 Å². The number of fused-ring (bicyclic) bond motifs is 2. The lowest BCUT2D eigenvalue weighted by Gasteiger charge is -2.06. The van der Waals surface area contributed by atoms with Crippen LogP contribution in [0.2, 0.25) is 0 Å². The van der Waals surface area contributed by atoms with Gasteiger partial charge in [-0.15, -0.1) is 5.10 Å². The number of nitrogens with one attached hydrogen (secondary N) is 2. The molecule has 0 saturated heterocycles. The monoisotopic (exact) mass is 289 g/mol. The fraction of sp³-hybridized carbons (Fsp3) is 0.176. The van der Waals surface area contributed by atoms with Gasteiger partial charge in [0.05, 0.1) is 11.9 Å². The van der Waals surface area contributed by atoms with Crippen LogP contribution in [0.3, 0.4) is 0 Å². The Morgan fingerprint density at radius 1 is 1.14 bits per heavy atom. The molecule has 1 saturated carbocycles. The van der Waals surface area contributed by atoms with Gasteiger partial charge in [-0.3, -0.25) is 0 Å². The second-order valence-electron chi connectivity index (χ2n) is 5.83. The van der Waals surface area contributed by atoms with E-state index in [0.717, 1.165) is 28.2 Å². The summed E-state index contributed by atoms with van der Waals surface area (Å²) < 4.78 is 1.92. The Morgan fingerprint density at radius 3 is 3.00 bits per heavy atom. The summed E-state index contributed by atoms with van der Waals surface area (Å²) in [6.45, 7) is 0. The van der Waals surface area contributed by atoms with Gasteiger partial charge in [0, 0.05) is 28.7 Å². The first-order chi connectivity index (χ1) is 10.9. The standard InChI is InChI=1S/C17H15N5/c1-4-14-11(7-8-18-14)9-12(1)15-10-19-17-6-5-16(21-22(15)17)20-13-2-3-13/h1,4-10,13,18H,2-3H2,(H,20,21). The first kappa shape index (κ1) is 11.8. The minimum Gasteiger partial charge on any atom is -0.366 e. The summed E-state index contributed by atoms with van der Waals surface area (Å²) in [5, 5.41) is 9.33. The van der Waals surface area contributed by atoms with E-state index in [1.54, 1.807) is 0 Å². The van der Waals surface area contributed by atoms with Gasteiger partial charge < -0.3 is 10.3 Å². The van der Waals surface area contributed by atoms with E-state index in [1.807, 2.05) is 29.0 Å². The largest absolute Gasteiger partial charge is 0.366 e. The number of H-pyrrole nitrogens is 1. The van der Waals surface area contributed by atoms with Crippen LogP contribution in [-0.2, 0) is 0 Å². The fourth-order valence-corrected chi connectivity index (χ4v) is 2.80. The average Bonchev–Trinajstić information content (AvgIpc) is 3.08. The van der Waals surface area contributed by atoms with E-state index in [0.29, 0.717) is 6.04 Å². The molecule has 108 valence electrons. The molecule has 3 heterocycles. The number of hydrogen-bond acceptors (Lipinski definition) is 3. The van der Waals surface area contributed by atoms with Crippen LogP contribution >= 0.6 is 0 Å². The summed E-state index contributed by atoms with van der Waals surface area (Å²) in [5.41, 5.74) is 4.14. The first-order valence-electron chi connectivity index (χ1n) is 7.56. The molecule has 1 aliphatic rings. The Kier molecular flexibility index (Phi) is 2.33. The van der Waals surface area contributed by atoms with Gasteiger partial charge in [0.2, 0.25) is 0 Å². The van der Waals surface area contributed by atoms with Crippen molar-refractivity contribution in [3.8, 4) is 11.3 Å². The molecule has 0 radical (unpaired) electrons. The van der Waals surface area contributed by atoms with E-state index in [9.17, 15) is 0 Å². The summed E-state index contributed by atoms with van der Waals surface area (Å²) >= 11 is 0. The van der Waals surface area contributed by atoms with E-state index in [2.05, 4.69) is 39.6 Å². The molecule has 0 amide bonds. The van der Waals surface area contributed by atoms with Crippen molar-refractivity contribution in [2.24, 2.45) is 0 Å². The van der Waals surface area contributed by atoms with Crippen molar-refractivity contribution >= 4 is 22.4 Å². The van der Waals surface area contributed by atoms with E-state index < -0.39 is 0 Å².